The second-order valence-corrected chi connectivity index (χ2v) is 8.28. The van der Waals surface area contributed by atoms with Crippen LogP contribution in [-0.2, 0) is 17.8 Å². The van der Waals surface area contributed by atoms with Gasteiger partial charge in [0.05, 0.1) is 5.39 Å². The number of furan rings is 1. The molecular weight excluding hydrogens is 376 g/mol. The van der Waals surface area contributed by atoms with Gasteiger partial charge in [0, 0.05) is 62.2 Å². The lowest BCUT2D eigenvalue weighted by atomic mass is 10.2. The van der Waals surface area contributed by atoms with Crippen LogP contribution in [0.2, 0.25) is 0 Å². The fourth-order valence-electron chi connectivity index (χ4n) is 3.56. The van der Waals surface area contributed by atoms with Crippen LogP contribution in [0, 0.1) is 0 Å². The zero-order valence-electron chi connectivity index (χ0n) is 16.3. The molecule has 2 atom stereocenters. The molecule has 0 aliphatic carbocycles. The van der Waals surface area contributed by atoms with Gasteiger partial charge in [-0.25, -0.2) is 9.97 Å². The second kappa shape index (κ2) is 7.89. The van der Waals surface area contributed by atoms with E-state index in [1.54, 1.807) is 6.20 Å². The number of aromatic nitrogens is 2. The van der Waals surface area contributed by atoms with Crippen molar-refractivity contribution in [2.75, 3.05) is 11.9 Å². The Balaban J connectivity index is 1.42. The molecule has 1 saturated heterocycles. The van der Waals surface area contributed by atoms with E-state index in [9.17, 15) is 4.79 Å². The molecule has 3 aromatic heterocycles. The summed E-state index contributed by atoms with van der Waals surface area (Å²) in [7, 11) is 0. The lowest BCUT2D eigenvalue weighted by Gasteiger charge is -2.19. The van der Waals surface area contributed by atoms with Gasteiger partial charge >= 0.3 is 0 Å². The maximum Gasteiger partial charge on any atom is 0.224 e. The number of hydrogen-bond acceptors (Lipinski definition) is 7. The predicted molar refractivity (Wildman–Crippen MR) is 109 cm³/mol. The number of fused-ring (bicyclic) bond motifs is 1. The van der Waals surface area contributed by atoms with Crippen molar-refractivity contribution in [1.82, 2.24) is 14.9 Å². The van der Waals surface area contributed by atoms with E-state index in [0.29, 0.717) is 17.1 Å². The molecule has 3 aromatic rings. The number of carbonyl (C=O) groups excluding carboxylic acids is 1. The van der Waals surface area contributed by atoms with Gasteiger partial charge in [0.2, 0.25) is 11.8 Å². The predicted octanol–water partition coefficient (Wildman–Crippen LogP) is 3.85. The number of ether oxygens (including phenoxy) is 1. The average Bonchev–Trinajstić information content (AvgIpc) is 3.35. The molecule has 1 N–H and O–H groups in total. The number of hydrogen-bond donors (Lipinski definition) is 1. The van der Waals surface area contributed by atoms with Gasteiger partial charge in [-0.3, -0.25) is 9.69 Å². The molecule has 7 nitrogen and oxygen atoms in total. The van der Waals surface area contributed by atoms with Crippen LogP contribution in [-0.4, -0.2) is 39.5 Å². The molecule has 0 aromatic carbocycles. The topological polar surface area (TPSA) is 80.5 Å². The quantitative estimate of drug-likeness (QED) is 0.677. The number of aryl methyl sites for hydroxylation is 1. The van der Waals surface area contributed by atoms with Crippen molar-refractivity contribution in [3.8, 4) is 5.88 Å². The van der Waals surface area contributed by atoms with E-state index in [0.717, 1.165) is 47.5 Å². The minimum Gasteiger partial charge on any atom is -0.472 e. The van der Waals surface area contributed by atoms with Crippen LogP contribution in [0.1, 0.15) is 37.8 Å². The first kappa shape index (κ1) is 18.9. The van der Waals surface area contributed by atoms with Gasteiger partial charge < -0.3 is 14.5 Å². The molecular formula is C20H24N4O3S. The summed E-state index contributed by atoms with van der Waals surface area (Å²) in [6.45, 7) is 7.38. The van der Waals surface area contributed by atoms with Gasteiger partial charge in [0.15, 0.2) is 5.13 Å². The van der Waals surface area contributed by atoms with Crippen molar-refractivity contribution < 1.29 is 13.9 Å². The van der Waals surface area contributed by atoms with Gasteiger partial charge in [0.1, 0.15) is 17.4 Å². The Bertz CT molecular complexity index is 983. The van der Waals surface area contributed by atoms with E-state index in [-0.39, 0.29) is 12.0 Å². The van der Waals surface area contributed by atoms with E-state index < -0.39 is 0 Å². The first-order valence-corrected chi connectivity index (χ1v) is 10.3. The van der Waals surface area contributed by atoms with Crippen molar-refractivity contribution in [1.29, 1.82) is 0 Å². The molecule has 4 rings (SSSR count). The summed E-state index contributed by atoms with van der Waals surface area (Å²) in [6, 6.07) is 4.29. The number of nitrogens with one attached hydrogen (secondary N) is 1. The third-order valence-corrected chi connectivity index (χ3v) is 5.85. The van der Waals surface area contributed by atoms with Crippen LogP contribution in [0.4, 0.5) is 5.13 Å². The first-order chi connectivity index (χ1) is 13.5. The van der Waals surface area contributed by atoms with Gasteiger partial charge in [-0.1, -0.05) is 6.92 Å². The van der Waals surface area contributed by atoms with Crippen LogP contribution >= 0.6 is 11.3 Å². The largest absolute Gasteiger partial charge is 0.472 e. The Kier molecular flexibility index (Phi) is 5.32. The molecule has 1 aliphatic rings. The number of anilines is 1. The number of amides is 1. The summed E-state index contributed by atoms with van der Waals surface area (Å²) < 4.78 is 12.1. The number of nitrogens with zero attached hydrogens (tertiary/aromatic N) is 3. The van der Waals surface area contributed by atoms with E-state index in [2.05, 4.69) is 34.0 Å². The van der Waals surface area contributed by atoms with E-state index in [4.69, 9.17) is 9.15 Å². The zero-order valence-corrected chi connectivity index (χ0v) is 17.1. The fourth-order valence-corrected chi connectivity index (χ4v) is 4.44. The Morgan fingerprint density at radius 1 is 1.46 bits per heavy atom. The first-order valence-electron chi connectivity index (χ1n) is 9.52. The summed E-state index contributed by atoms with van der Waals surface area (Å²) in [5, 5.41) is 4.32. The van der Waals surface area contributed by atoms with Crippen molar-refractivity contribution in [3.63, 3.8) is 0 Å². The number of rotatable bonds is 6. The van der Waals surface area contributed by atoms with Gasteiger partial charge in [0.25, 0.3) is 0 Å². The SMILES string of the molecule is CCc1cc2c(O[C@@H]3C[C@H](C)N(Cc4cnc(NC(C)=O)s4)C3)nccc2o1. The minimum absolute atomic E-state index is 0.0795. The van der Waals surface area contributed by atoms with Crippen LogP contribution in [0.25, 0.3) is 11.0 Å². The van der Waals surface area contributed by atoms with Crippen molar-refractivity contribution in [2.24, 2.45) is 0 Å². The molecule has 0 radical (unpaired) electrons. The molecule has 0 unspecified atom stereocenters. The molecule has 1 fully saturated rings. The normalized spacial score (nSPS) is 20.0. The molecule has 28 heavy (non-hydrogen) atoms. The number of likely N-dealkylation sites (tertiary alicyclic amines) is 1. The molecule has 4 heterocycles. The molecule has 8 heteroatoms. The highest BCUT2D eigenvalue weighted by Gasteiger charge is 2.31. The van der Waals surface area contributed by atoms with E-state index >= 15 is 0 Å². The van der Waals surface area contributed by atoms with Crippen molar-refractivity contribution >= 4 is 33.3 Å². The number of pyridine rings is 1. The molecule has 0 saturated carbocycles. The summed E-state index contributed by atoms with van der Waals surface area (Å²) >= 11 is 1.51. The lowest BCUT2D eigenvalue weighted by molar-refractivity contribution is -0.114. The molecule has 0 spiro atoms. The summed E-state index contributed by atoms with van der Waals surface area (Å²) in [5.41, 5.74) is 0.819. The summed E-state index contributed by atoms with van der Waals surface area (Å²) in [5.74, 6) is 1.48. The molecule has 0 bridgehead atoms. The second-order valence-electron chi connectivity index (χ2n) is 7.16. The average molecular weight is 401 g/mol. The molecule has 148 valence electrons. The van der Waals surface area contributed by atoms with Crippen molar-refractivity contribution in [3.05, 3.63) is 35.2 Å². The Labute approximate surface area is 167 Å². The Hall–Kier alpha value is -2.45. The maximum absolute atomic E-state index is 11.2. The van der Waals surface area contributed by atoms with Crippen LogP contribution in [0.3, 0.4) is 0 Å². The van der Waals surface area contributed by atoms with Gasteiger partial charge in [-0.2, -0.15) is 0 Å². The van der Waals surface area contributed by atoms with Crippen molar-refractivity contribution in [2.45, 2.75) is 52.3 Å². The van der Waals surface area contributed by atoms with Gasteiger partial charge in [-0.15, -0.1) is 11.3 Å². The highest BCUT2D eigenvalue weighted by Crippen LogP contribution is 2.31. The highest BCUT2D eigenvalue weighted by atomic mass is 32.1. The highest BCUT2D eigenvalue weighted by molar-refractivity contribution is 7.15. The van der Waals surface area contributed by atoms with Crippen LogP contribution in [0.5, 0.6) is 5.88 Å². The monoisotopic (exact) mass is 400 g/mol. The maximum atomic E-state index is 11.2. The standard InChI is InChI=1S/C20H24N4O3S/c1-4-14-8-17-18(26-14)5-6-21-19(17)27-15-7-12(2)24(10-15)11-16-9-22-20(28-16)23-13(3)25/h5-6,8-9,12,15H,4,7,10-11H2,1-3H3,(H,22,23,25)/t12-,15+/m0/s1. The third kappa shape index (κ3) is 4.02. The summed E-state index contributed by atoms with van der Waals surface area (Å²) in [6.07, 6.45) is 5.43. The third-order valence-electron chi connectivity index (χ3n) is 4.95. The number of thiazole rings is 1. The van der Waals surface area contributed by atoms with Crippen LogP contribution < -0.4 is 10.1 Å². The van der Waals surface area contributed by atoms with E-state index in [1.165, 1.54) is 18.3 Å². The minimum atomic E-state index is -0.101. The van der Waals surface area contributed by atoms with Gasteiger partial charge in [-0.05, 0) is 13.0 Å². The van der Waals surface area contributed by atoms with E-state index in [1.807, 2.05) is 18.3 Å². The molecule has 1 amide bonds. The van der Waals surface area contributed by atoms with Crippen LogP contribution in [0.15, 0.2) is 28.9 Å². The zero-order chi connectivity index (χ0) is 19.7. The Morgan fingerprint density at radius 2 is 2.32 bits per heavy atom. The Morgan fingerprint density at radius 3 is 3.11 bits per heavy atom. The fraction of sp³-hybridized carbons (Fsp3) is 0.450. The summed E-state index contributed by atoms with van der Waals surface area (Å²) in [4.78, 5) is 23.4. The lowest BCUT2D eigenvalue weighted by Crippen LogP contribution is -2.27. The molecule has 1 aliphatic heterocycles. The number of carbonyl (C=O) groups is 1. The smallest absolute Gasteiger partial charge is 0.224 e.